The Kier molecular flexibility index (Phi) is 3.20. The molecule has 1 atom stereocenters. The van der Waals surface area contributed by atoms with E-state index >= 15 is 0 Å². The van der Waals surface area contributed by atoms with E-state index in [4.69, 9.17) is 4.74 Å². The van der Waals surface area contributed by atoms with Crippen LogP contribution in [0.5, 0.6) is 0 Å². The van der Waals surface area contributed by atoms with Gasteiger partial charge in [-0.1, -0.05) is 44.0 Å². The first-order valence-electron chi connectivity index (χ1n) is 5.60. The predicted octanol–water partition coefficient (Wildman–Crippen LogP) is 3.49. The van der Waals surface area contributed by atoms with Crippen LogP contribution in [0.25, 0.3) is 0 Å². The zero-order chi connectivity index (χ0) is 9.80. The zero-order valence-corrected chi connectivity index (χ0v) is 8.83. The van der Waals surface area contributed by atoms with Crippen LogP contribution in [0, 0.1) is 0 Å². The maximum atomic E-state index is 5.28. The normalized spacial score (nSPS) is 19.6. The van der Waals surface area contributed by atoms with Gasteiger partial charge in [-0.05, 0) is 24.0 Å². The van der Waals surface area contributed by atoms with Crippen molar-refractivity contribution in [2.24, 2.45) is 0 Å². The van der Waals surface area contributed by atoms with Gasteiger partial charge in [0.05, 0.1) is 6.61 Å². The Morgan fingerprint density at radius 3 is 2.93 bits per heavy atom. The van der Waals surface area contributed by atoms with E-state index in [1.54, 1.807) is 0 Å². The Balaban J connectivity index is 1.92. The second-order valence-electron chi connectivity index (χ2n) is 4.02. The van der Waals surface area contributed by atoms with Crippen molar-refractivity contribution in [2.75, 3.05) is 6.61 Å². The lowest BCUT2D eigenvalue weighted by molar-refractivity contribution is 0.415. The summed E-state index contributed by atoms with van der Waals surface area (Å²) in [5, 5.41) is 0. The minimum Gasteiger partial charge on any atom is -0.368 e. The molecule has 1 aromatic carbocycles. The van der Waals surface area contributed by atoms with Gasteiger partial charge >= 0.3 is 0 Å². The predicted molar refractivity (Wildman–Crippen MR) is 58.4 cm³/mol. The summed E-state index contributed by atoms with van der Waals surface area (Å²) in [5.74, 6) is 0. The minimum absolute atomic E-state index is 0.404. The van der Waals surface area contributed by atoms with E-state index in [0.29, 0.717) is 6.10 Å². The third kappa shape index (κ3) is 2.58. The van der Waals surface area contributed by atoms with E-state index in [9.17, 15) is 0 Å². The smallest absolute Gasteiger partial charge is 0.106 e. The number of ether oxygens (including phenoxy) is 1. The fraction of sp³-hybridized carbons (Fsp3) is 0.538. The monoisotopic (exact) mass is 190 g/mol. The number of rotatable bonds is 5. The zero-order valence-electron chi connectivity index (χ0n) is 8.83. The average molecular weight is 190 g/mol. The van der Waals surface area contributed by atoms with Gasteiger partial charge in [0.2, 0.25) is 0 Å². The van der Waals surface area contributed by atoms with Crippen LogP contribution < -0.4 is 0 Å². The van der Waals surface area contributed by atoms with Gasteiger partial charge in [-0.3, -0.25) is 0 Å². The summed E-state index contributed by atoms with van der Waals surface area (Å²) >= 11 is 0. The van der Waals surface area contributed by atoms with Gasteiger partial charge in [0.25, 0.3) is 0 Å². The number of benzene rings is 1. The molecule has 1 nitrogen and oxygen atoms in total. The summed E-state index contributed by atoms with van der Waals surface area (Å²) in [6.07, 6.45) is 5.57. The van der Waals surface area contributed by atoms with Crippen LogP contribution in [-0.2, 0) is 11.2 Å². The van der Waals surface area contributed by atoms with Crippen molar-refractivity contribution in [1.82, 2.24) is 0 Å². The molecule has 14 heavy (non-hydrogen) atoms. The molecule has 0 spiro atoms. The van der Waals surface area contributed by atoms with Crippen LogP contribution in [0.4, 0.5) is 0 Å². The van der Waals surface area contributed by atoms with E-state index in [-0.39, 0.29) is 0 Å². The van der Waals surface area contributed by atoms with E-state index in [1.165, 1.54) is 36.8 Å². The minimum atomic E-state index is 0.404. The van der Waals surface area contributed by atoms with Crippen molar-refractivity contribution < 1.29 is 4.74 Å². The molecule has 1 aliphatic heterocycles. The molecule has 0 bridgehead atoms. The lowest BCUT2D eigenvalue weighted by Gasteiger charge is -2.02. The van der Waals surface area contributed by atoms with Gasteiger partial charge < -0.3 is 4.74 Å². The molecule has 1 aromatic rings. The van der Waals surface area contributed by atoms with Gasteiger partial charge in [0.1, 0.15) is 6.10 Å². The number of aryl methyl sites for hydroxylation is 1. The number of unbranched alkanes of at least 4 members (excludes halogenated alkanes) is 2. The van der Waals surface area contributed by atoms with Gasteiger partial charge in [-0.25, -0.2) is 0 Å². The molecule has 1 saturated heterocycles. The van der Waals surface area contributed by atoms with Crippen LogP contribution in [0.15, 0.2) is 24.3 Å². The standard InChI is InChI=1S/C13H18O/c1-2-3-4-6-11-7-5-8-12(9-11)13-10-14-13/h5,7-9,13H,2-4,6,10H2,1H3. The first-order chi connectivity index (χ1) is 6.90. The van der Waals surface area contributed by atoms with Crippen LogP contribution >= 0.6 is 0 Å². The summed E-state index contributed by atoms with van der Waals surface area (Å²) in [7, 11) is 0. The Bertz CT molecular complexity index is 289. The number of hydrogen-bond acceptors (Lipinski definition) is 1. The fourth-order valence-electron chi connectivity index (χ4n) is 1.77. The van der Waals surface area contributed by atoms with Gasteiger partial charge in [0, 0.05) is 0 Å². The van der Waals surface area contributed by atoms with Crippen LogP contribution in [0.2, 0.25) is 0 Å². The third-order valence-corrected chi connectivity index (χ3v) is 2.73. The van der Waals surface area contributed by atoms with Gasteiger partial charge in [0.15, 0.2) is 0 Å². The maximum Gasteiger partial charge on any atom is 0.106 e. The summed E-state index contributed by atoms with van der Waals surface area (Å²) < 4.78 is 5.28. The maximum absolute atomic E-state index is 5.28. The quantitative estimate of drug-likeness (QED) is 0.511. The summed E-state index contributed by atoms with van der Waals surface area (Å²) in [6, 6.07) is 8.84. The lowest BCUT2D eigenvalue weighted by atomic mass is 10.0. The second kappa shape index (κ2) is 4.61. The van der Waals surface area contributed by atoms with Crippen molar-refractivity contribution in [1.29, 1.82) is 0 Å². The van der Waals surface area contributed by atoms with Crippen molar-refractivity contribution in [3.63, 3.8) is 0 Å². The summed E-state index contributed by atoms with van der Waals surface area (Å²) in [5.41, 5.74) is 2.82. The number of hydrogen-bond donors (Lipinski definition) is 0. The van der Waals surface area contributed by atoms with E-state index in [0.717, 1.165) is 6.61 Å². The van der Waals surface area contributed by atoms with Crippen LogP contribution in [-0.4, -0.2) is 6.61 Å². The van der Waals surface area contributed by atoms with Crippen LogP contribution in [0.1, 0.15) is 43.4 Å². The highest BCUT2D eigenvalue weighted by Crippen LogP contribution is 2.30. The highest BCUT2D eigenvalue weighted by atomic mass is 16.6. The molecule has 0 amide bonds. The van der Waals surface area contributed by atoms with E-state index in [2.05, 4.69) is 31.2 Å². The van der Waals surface area contributed by atoms with Gasteiger partial charge in [-0.2, -0.15) is 0 Å². The highest BCUT2D eigenvalue weighted by molar-refractivity contribution is 5.27. The molecular weight excluding hydrogens is 172 g/mol. The summed E-state index contributed by atoms with van der Waals surface area (Å²) in [4.78, 5) is 0. The Morgan fingerprint density at radius 1 is 1.36 bits per heavy atom. The molecule has 1 unspecified atom stereocenters. The molecule has 0 aromatic heterocycles. The Hall–Kier alpha value is -0.820. The van der Waals surface area contributed by atoms with E-state index in [1.807, 2.05) is 0 Å². The molecule has 0 radical (unpaired) electrons. The molecular formula is C13H18O. The SMILES string of the molecule is CCCCCc1cccc(C2CO2)c1. The fourth-order valence-corrected chi connectivity index (χ4v) is 1.77. The Labute approximate surface area is 86.1 Å². The second-order valence-corrected chi connectivity index (χ2v) is 4.02. The molecule has 0 aliphatic carbocycles. The molecule has 1 heterocycles. The average Bonchev–Trinajstić information content (AvgIpc) is 3.02. The van der Waals surface area contributed by atoms with Crippen LogP contribution in [0.3, 0.4) is 0 Å². The molecule has 1 fully saturated rings. The molecule has 0 saturated carbocycles. The van der Waals surface area contributed by atoms with Crippen molar-refractivity contribution in [3.8, 4) is 0 Å². The molecule has 1 aliphatic rings. The van der Waals surface area contributed by atoms with Crippen molar-refractivity contribution in [3.05, 3.63) is 35.4 Å². The van der Waals surface area contributed by atoms with Crippen molar-refractivity contribution >= 4 is 0 Å². The number of epoxide rings is 1. The topological polar surface area (TPSA) is 12.5 Å². The highest BCUT2D eigenvalue weighted by Gasteiger charge is 2.24. The molecule has 1 heteroatoms. The Morgan fingerprint density at radius 2 is 2.21 bits per heavy atom. The molecule has 76 valence electrons. The molecule has 0 N–H and O–H groups in total. The molecule has 2 rings (SSSR count). The van der Waals surface area contributed by atoms with Gasteiger partial charge in [-0.15, -0.1) is 0 Å². The summed E-state index contributed by atoms with van der Waals surface area (Å²) in [6.45, 7) is 3.16. The first kappa shape index (κ1) is 9.72. The first-order valence-corrected chi connectivity index (χ1v) is 5.60. The lowest BCUT2D eigenvalue weighted by Crippen LogP contribution is -1.88. The third-order valence-electron chi connectivity index (χ3n) is 2.73. The largest absolute Gasteiger partial charge is 0.368 e. The van der Waals surface area contributed by atoms with E-state index < -0.39 is 0 Å². The van der Waals surface area contributed by atoms with Crippen molar-refractivity contribution in [2.45, 2.75) is 38.7 Å².